The molecule has 6 nitrogen and oxygen atoms in total. The second kappa shape index (κ2) is 7.40. The van der Waals surface area contributed by atoms with Gasteiger partial charge < -0.3 is 14.6 Å². The van der Waals surface area contributed by atoms with Gasteiger partial charge in [0.05, 0.1) is 17.3 Å². The number of benzene rings is 1. The number of carbonyl (C=O) groups excluding carboxylic acids is 2. The van der Waals surface area contributed by atoms with E-state index in [1.165, 1.54) is 0 Å². The van der Waals surface area contributed by atoms with Crippen molar-refractivity contribution in [3.05, 3.63) is 65.1 Å². The number of amides is 2. The predicted octanol–water partition coefficient (Wildman–Crippen LogP) is 3.43. The summed E-state index contributed by atoms with van der Waals surface area (Å²) in [4.78, 5) is 30.6. The first kappa shape index (κ1) is 17.5. The molecule has 0 unspecified atom stereocenters. The minimum atomic E-state index is -0.179. The minimum Gasteiger partial charge on any atom is -0.346 e. The average Bonchev–Trinajstić information content (AvgIpc) is 3.08. The Hall–Kier alpha value is -2.86. The molecule has 2 amide bonds. The molecule has 1 aromatic carbocycles. The van der Waals surface area contributed by atoms with E-state index in [1.807, 2.05) is 28.8 Å². The van der Waals surface area contributed by atoms with Crippen LogP contribution in [-0.2, 0) is 11.3 Å². The number of nitrogens with zero attached hydrogens (tertiary/aromatic N) is 3. The highest BCUT2D eigenvalue weighted by molar-refractivity contribution is 6.30. The highest BCUT2D eigenvalue weighted by atomic mass is 35.5. The molecule has 0 saturated carbocycles. The van der Waals surface area contributed by atoms with Crippen molar-refractivity contribution in [3.8, 4) is 0 Å². The first-order valence-corrected chi connectivity index (χ1v) is 9.30. The van der Waals surface area contributed by atoms with Gasteiger partial charge in [-0.1, -0.05) is 11.6 Å². The van der Waals surface area contributed by atoms with Crippen molar-refractivity contribution in [2.75, 3.05) is 11.4 Å². The Labute approximate surface area is 161 Å². The van der Waals surface area contributed by atoms with E-state index in [4.69, 9.17) is 11.6 Å². The average molecular weight is 383 g/mol. The fourth-order valence-electron chi connectivity index (χ4n) is 3.25. The minimum absolute atomic E-state index is 0.144. The Balaban J connectivity index is 1.41. The van der Waals surface area contributed by atoms with Gasteiger partial charge in [-0.3, -0.25) is 9.59 Å². The van der Waals surface area contributed by atoms with E-state index in [-0.39, 0.29) is 11.8 Å². The van der Waals surface area contributed by atoms with E-state index in [0.29, 0.717) is 23.6 Å². The van der Waals surface area contributed by atoms with Crippen LogP contribution < -0.4 is 10.2 Å². The van der Waals surface area contributed by atoms with Gasteiger partial charge in [-0.2, -0.15) is 0 Å². The van der Waals surface area contributed by atoms with Crippen LogP contribution in [0.3, 0.4) is 0 Å². The second-order valence-electron chi connectivity index (χ2n) is 6.58. The summed E-state index contributed by atoms with van der Waals surface area (Å²) in [6.45, 7) is 1.06. The number of nitrogens with one attached hydrogen (secondary N) is 1. The van der Waals surface area contributed by atoms with Gasteiger partial charge >= 0.3 is 0 Å². The number of pyridine rings is 1. The smallest absolute Gasteiger partial charge is 0.251 e. The number of anilines is 1. The molecular weight excluding hydrogens is 364 g/mol. The summed E-state index contributed by atoms with van der Waals surface area (Å²) in [6.07, 6.45) is 6.16. The molecule has 1 N–H and O–H groups in total. The maximum Gasteiger partial charge on any atom is 0.251 e. The molecule has 0 aliphatic carbocycles. The third-order valence-electron chi connectivity index (χ3n) is 4.66. The van der Waals surface area contributed by atoms with Gasteiger partial charge in [0.1, 0.15) is 5.65 Å². The van der Waals surface area contributed by atoms with Crippen molar-refractivity contribution >= 4 is 34.7 Å². The zero-order valence-corrected chi connectivity index (χ0v) is 15.4. The van der Waals surface area contributed by atoms with E-state index in [1.54, 1.807) is 29.3 Å². The number of hydrogen-bond donors (Lipinski definition) is 1. The number of piperidine rings is 1. The van der Waals surface area contributed by atoms with Crippen molar-refractivity contribution in [2.24, 2.45) is 0 Å². The zero-order chi connectivity index (χ0) is 18.8. The molecule has 1 aliphatic heterocycles. The van der Waals surface area contributed by atoms with Crippen LogP contribution in [0.15, 0.2) is 48.8 Å². The van der Waals surface area contributed by atoms with E-state index in [9.17, 15) is 9.59 Å². The first-order chi connectivity index (χ1) is 13.1. The van der Waals surface area contributed by atoms with Crippen molar-refractivity contribution in [1.82, 2.24) is 14.7 Å². The van der Waals surface area contributed by atoms with E-state index in [0.717, 1.165) is 36.4 Å². The van der Waals surface area contributed by atoms with Crippen LogP contribution in [0.4, 0.5) is 5.69 Å². The largest absolute Gasteiger partial charge is 0.346 e. The van der Waals surface area contributed by atoms with Crippen LogP contribution in [0.25, 0.3) is 5.65 Å². The molecule has 0 spiro atoms. The Morgan fingerprint density at radius 1 is 1.11 bits per heavy atom. The van der Waals surface area contributed by atoms with Crippen LogP contribution in [0.1, 0.15) is 35.3 Å². The summed E-state index contributed by atoms with van der Waals surface area (Å²) < 4.78 is 1.83. The van der Waals surface area contributed by atoms with Crippen molar-refractivity contribution in [2.45, 2.75) is 25.8 Å². The van der Waals surface area contributed by atoms with Gasteiger partial charge in [-0.25, -0.2) is 4.98 Å². The molecule has 138 valence electrons. The molecule has 4 rings (SSSR count). The van der Waals surface area contributed by atoms with Crippen molar-refractivity contribution in [3.63, 3.8) is 0 Å². The third kappa shape index (κ3) is 3.80. The lowest BCUT2D eigenvalue weighted by Crippen LogP contribution is -2.35. The quantitative estimate of drug-likeness (QED) is 0.751. The Morgan fingerprint density at radius 3 is 2.70 bits per heavy atom. The van der Waals surface area contributed by atoms with Gasteiger partial charge in [0.25, 0.3) is 5.91 Å². The molecule has 1 fully saturated rings. The maximum atomic E-state index is 12.4. The van der Waals surface area contributed by atoms with Gasteiger partial charge in [0, 0.05) is 36.6 Å². The molecule has 0 bridgehead atoms. The highest BCUT2D eigenvalue weighted by Crippen LogP contribution is 2.21. The molecule has 1 saturated heterocycles. The lowest BCUT2D eigenvalue weighted by molar-refractivity contribution is -0.119. The Morgan fingerprint density at radius 2 is 1.93 bits per heavy atom. The summed E-state index contributed by atoms with van der Waals surface area (Å²) in [7, 11) is 0. The molecular formula is C20H19ClN4O2. The number of aromatic nitrogens is 2. The molecule has 3 aromatic rings. The molecule has 1 aliphatic rings. The van der Waals surface area contributed by atoms with Crippen LogP contribution >= 0.6 is 11.6 Å². The van der Waals surface area contributed by atoms with Gasteiger partial charge in [0.2, 0.25) is 5.91 Å². The summed E-state index contributed by atoms with van der Waals surface area (Å²) in [5.74, 6) is -0.0352. The predicted molar refractivity (Wildman–Crippen MR) is 104 cm³/mol. The summed E-state index contributed by atoms with van der Waals surface area (Å²) in [5.41, 5.74) is 2.92. The number of fused-ring (bicyclic) bond motifs is 1. The Kier molecular flexibility index (Phi) is 4.81. The fourth-order valence-corrected chi connectivity index (χ4v) is 3.42. The molecule has 27 heavy (non-hydrogen) atoms. The van der Waals surface area contributed by atoms with Crippen molar-refractivity contribution < 1.29 is 9.59 Å². The molecule has 0 atom stereocenters. The van der Waals surface area contributed by atoms with Crippen molar-refractivity contribution in [1.29, 1.82) is 0 Å². The van der Waals surface area contributed by atoms with Crippen LogP contribution in [0.5, 0.6) is 0 Å². The second-order valence-corrected chi connectivity index (χ2v) is 7.01. The van der Waals surface area contributed by atoms with E-state index < -0.39 is 0 Å². The van der Waals surface area contributed by atoms with Gasteiger partial charge in [-0.15, -0.1) is 0 Å². The summed E-state index contributed by atoms with van der Waals surface area (Å²) >= 11 is 5.97. The SMILES string of the molecule is O=C(NCc1cn2cc(Cl)ccc2n1)c1ccc(N2CCCCC2=O)cc1. The summed E-state index contributed by atoms with van der Waals surface area (Å²) in [5, 5.41) is 3.50. The van der Waals surface area contributed by atoms with Gasteiger partial charge in [0.15, 0.2) is 0 Å². The summed E-state index contributed by atoms with van der Waals surface area (Å²) in [6, 6.07) is 10.7. The van der Waals surface area contributed by atoms with Crippen LogP contribution in [0, 0.1) is 0 Å². The highest BCUT2D eigenvalue weighted by Gasteiger charge is 2.19. The normalized spacial score (nSPS) is 14.6. The van der Waals surface area contributed by atoms with E-state index >= 15 is 0 Å². The fraction of sp³-hybridized carbons (Fsp3) is 0.250. The topological polar surface area (TPSA) is 66.7 Å². The third-order valence-corrected chi connectivity index (χ3v) is 4.88. The number of carbonyl (C=O) groups is 2. The maximum absolute atomic E-state index is 12.4. The van der Waals surface area contributed by atoms with Crippen LogP contribution in [-0.4, -0.2) is 27.7 Å². The number of imidazole rings is 1. The van der Waals surface area contributed by atoms with E-state index in [2.05, 4.69) is 10.3 Å². The monoisotopic (exact) mass is 382 g/mol. The molecule has 0 radical (unpaired) electrons. The number of hydrogen-bond acceptors (Lipinski definition) is 3. The number of halogens is 1. The van der Waals surface area contributed by atoms with Gasteiger partial charge in [-0.05, 0) is 49.2 Å². The molecule has 3 heterocycles. The lowest BCUT2D eigenvalue weighted by Gasteiger charge is -2.26. The first-order valence-electron chi connectivity index (χ1n) is 8.92. The van der Waals surface area contributed by atoms with Crippen LogP contribution in [0.2, 0.25) is 5.02 Å². The standard InChI is InChI=1S/C20H19ClN4O2/c21-15-6-9-18-23-16(13-24(18)12-15)11-22-20(27)14-4-7-17(8-5-14)25-10-2-1-3-19(25)26/h4-9,12-13H,1-3,10-11H2,(H,22,27). The molecule has 7 heteroatoms. The lowest BCUT2D eigenvalue weighted by atomic mass is 10.1. The zero-order valence-electron chi connectivity index (χ0n) is 14.7. The Bertz CT molecular complexity index is 997. The molecule has 2 aromatic heterocycles. The number of rotatable bonds is 4.